The van der Waals surface area contributed by atoms with E-state index in [1.165, 1.54) is 87.6 Å². The molecular formula is C40H24. The summed E-state index contributed by atoms with van der Waals surface area (Å²) in [4.78, 5) is 0. The maximum absolute atomic E-state index is 2.37. The van der Waals surface area contributed by atoms with Gasteiger partial charge in [-0.05, 0) is 93.7 Å². The molecule has 0 unspecified atom stereocenters. The third-order valence-electron chi connectivity index (χ3n) is 8.76. The molecule has 0 saturated heterocycles. The molecule has 0 N–H and O–H groups in total. The second kappa shape index (κ2) is 8.15. The van der Waals surface area contributed by atoms with Crippen LogP contribution in [0.2, 0.25) is 0 Å². The lowest BCUT2D eigenvalue weighted by Gasteiger charge is -2.21. The Labute approximate surface area is 232 Å². The van der Waals surface area contributed by atoms with Crippen LogP contribution in [0.3, 0.4) is 0 Å². The first-order valence-corrected chi connectivity index (χ1v) is 14.0. The third-order valence-corrected chi connectivity index (χ3v) is 8.76. The molecule has 0 fully saturated rings. The largest absolute Gasteiger partial charge is 0.0616 e. The molecule has 8 aromatic carbocycles. The summed E-state index contributed by atoms with van der Waals surface area (Å²) in [5, 5.41) is 10.3. The van der Waals surface area contributed by atoms with Gasteiger partial charge in [0.05, 0.1) is 0 Å². The van der Waals surface area contributed by atoms with E-state index in [1.807, 2.05) is 0 Å². The lowest BCUT2D eigenvalue weighted by Crippen LogP contribution is -1.94. The van der Waals surface area contributed by atoms with Gasteiger partial charge in [0, 0.05) is 0 Å². The van der Waals surface area contributed by atoms with Crippen molar-refractivity contribution in [3.63, 3.8) is 0 Å². The summed E-state index contributed by atoms with van der Waals surface area (Å²) in [5.74, 6) is 0. The van der Waals surface area contributed by atoms with E-state index in [4.69, 9.17) is 0 Å². The third kappa shape index (κ3) is 2.91. The van der Waals surface area contributed by atoms with E-state index in [-0.39, 0.29) is 0 Å². The quantitative estimate of drug-likeness (QED) is 0.220. The van der Waals surface area contributed by atoms with Crippen molar-refractivity contribution in [3.05, 3.63) is 146 Å². The average molecular weight is 505 g/mol. The van der Waals surface area contributed by atoms with Crippen molar-refractivity contribution in [2.45, 2.75) is 0 Å². The van der Waals surface area contributed by atoms with Crippen molar-refractivity contribution in [1.29, 1.82) is 0 Å². The minimum atomic E-state index is 1.26. The number of rotatable bonds is 2. The van der Waals surface area contributed by atoms with Gasteiger partial charge in [-0.15, -0.1) is 0 Å². The Balaban J connectivity index is 1.53. The Kier molecular flexibility index (Phi) is 4.42. The fourth-order valence-corrected chi connectivity index (χ4v) is 7.10. The van der Waals surface area contributed by atoms with Gasteiger partial charge in [0.1, 0.15) is 0 Å². The molecule has 0 amide bonds. The predicted octanol–water partition coefficient (Wildman–Crippen LogP) is 11.3. The highest BCUT2D eigenvalue weighted by Crippen LogP contribution is 2.58. The number of hydrogen-bond donors (Lipinski definition) is 0. The van der Waals surface area contributed by atoms with Gasteiger partial charge in [0.15, 0.2) is 0 Å². The van der Waals surface area contributed by atoms with E-state index in [0.717, 1.165) is 0 Å². The summed E-state index contributed by atoms with van der Waals surface area (Å²) in [6, 6.07) is 53.7. The van der Waals surface area contributed by atoms with Gasteiger partial charge in [-0.2, -0.15) is 0 Å². The maximum Gasteiger partial charge on any atom is -0.000719 e. The Morgan fingerprint density at radius 3 is 1.55 bits per heavy atom. The van der Waals surface area contributed by atoms with Crippen molar-refractivity contribution >= 4 is 43.1 Å². The summed E-state index contributed by atoms with van der Waals surface area (Å²) in [7, 11) is 0. The second-order valence-corrected chi connectivity index (χ2v) is 10.8. The predicted molar refractivity (Wildman–Crippen MR) is 172 cm³/mol. The van der Waals surface area contributed by atoms with Crippen LogP contribution in [0.1, 0.15) is 0 Å². The van der Waals surface area contributed by atoms with E-state index in [0.29, 0.717) is 0 Å². The monoisotopic (exact) mass is 504 g/mol. The molecular weight excluding hydrogens is 480 g/mol. The van der Waals surface area contributed by atoms with Crippen LogP contribution in [-0.4, -0.2) is 0 Å². The molecule has 0 heterocycles. The van der Waals surface area contributed by atoms with E-state index in [9.17, 15) is 0 Å². The Morgan fingerprint density at radius 2 is 0.800 bits per heavy atom. The van der Waals surface area contributed by atoms with Gasteiger partial charge in [0.2, 0.25) is 0 Å². The molecule has 0 nitrogen and oxygen atoms in total. The molecule has 0 aliphatic heterocycles. The zero-order chi connectivity index (χ0) is 26.2. The molecule has 0 spiro atoms. The van der Waals surface area contributed by atoms with E-state index in [1.54, 1.807) is 0 Å². The summed E-state index contributed by atoms with van der Waals surface area (Å²) in [5.41, 5.74) is 10.6. The summed E-state index contributed by atoms with van der Waals surface area (Å²) in [6.45, 7) is 0. The molecule has 1 aliphatic carbocycles. The zero-order valence-electron chi connectivity index (χ0n) is 21.9. The lowest BCUT2D eigenvalue weighted by atomic mass is 9.81. The minimum absolute atomic E-state index is 1.26. The van der Waals surface area contributed by atoms with Crippen LogP contribution in [-0.2, 0) is 0 Å². The van der Waals surface area contributed by atoms with Crippen LogP contribution in [0.5, 0.6) is 0 Å². The summed E-state index contributed by atoms with van der Waals surface area (Å²) >= 11 is 0. The minimum Gasteiger partial charge on any atom is -0.0616 e. The van der Waals surface area contributed by atoms with E-state index < -0.39 is 0 Å². The van der Waals surface area contributed by atoms with Crippen LogP contribution < -0.4 is 0 Å². The first kappa shape index (κ1) is 21.7. The normalized spacial score (nSPS) is 12.0. The zero-order valence-corrected chi connectivity index (χ0v) is 21.9. The van der Waals surface area contributed by atoms with Gasteiger partial charge in [0.25, 0.3) is 0 Å². The molecule has 40 heavy (non-hydrogen) atoms. The van der Waals surface area contributed by atoms with Crippen LogP contribution >= 0.6 is 0 Å². The van der Waals surface area contributed by atoms with Crippen LogP contribution in [0, 0.1) is 0 Å². The molecule has 0 radical (unpaired) electrons. The van der Waals surface area contributed by atoms with Crippen LogP contribution in [0.15, 0.2) is 146 Å². The SMILES string of the molecule is c1ccc2cc(-c3c4c(c(-c5cccc6ccccc56)c5ccccc35)-c3cccc5cccc-4c35)ccc2c1. The Morgan fingerprint density at radius 1 is 0.275 bits per heavy atom. The van der Waals surface area contributed by atoms with E-state index in [2.05, 4.69) is 146 Å². The molecule has 0 atom stereocenters. The van der Waals surface area contributed by atoms with Gasteiger partial charge in [-0.3, -0.25) is 0 Å². The van der Waals surface area contributed by atoms with Crippen molar-refractivity contribution in [3.8, 4) is 44.5 Å². The maximum atomic E-state index is 2.37. The number of benzene rings is 8. The Bertz CT molecular complexity index is 2310. The number of hydrogen-bond acceptors (Lipinski definition) is 0. The summed E-state index contributed by atoms with van der Waals surface area (Å²) in [6.07, 6.45) is 0. The topological polar surface area (TPSA) is 0 Å². The lowest BCUT2D eigenvalue weighted by molar-refractivity contribution is 1.65. The van der Waals surface area contributed by atoms with Crippen molar-refractivity contribution < 1.29 is 0 Å². The number of fused-ring (bicyclic) bond motifs is 6. The van der Waals surface area contributed by atoms with Crippen LogP contribution in [0.4, 0.5) is 0 Å². The second-order valence-electron chi connectivity index (χ2n) is 10.8. The molecule has 0 heteroatoms. The molecule has 8 aromatic rings. The molecule has 0 bridgehead atoms. The smallest absolute Gasteiger partial charge is 0.000719 e. The van der Waals surface area contributed by atoms with Gasteiger partial charge < -0.3 is 0 Å². The van der Waals surface area contributed by atoms with Crippen molar-refractivity contribution in [1.82, 2.24) is 0 Å². The Hall–Kier alpha value is -5.20. The standard InChI is InChI=1S/C40H24/c1-2-12-28-24-29(23-22-25(28)10-1)37-32-17-5-6-18-33(32)38(31-19-7-13-26-11-3-4-16-30(26)31)40-35-21-9-15-27-14-8-20-34(36(27)35)39(37)40/h1-24H. The van der Waals surface area contributed by atoms with Crippen molar-refractivity contribution in [2.75, 3.05) is 0 Å². The highest BCUT2D eigenvalue weighted by atomic mass is 14.3. The summed E-state index contributed by atoms with van der Waals surface area (Å²) < 4.78 is 0. The first-order chi connectivity index (χ1) is 19.9. The fourth-order valence-electron chi connectivity index (χ4n) is 7.10. The van der Waals surface area contributed by atoms with Crippen molar-refractivity contribution in [2.24, 2.45) is 0 Å². The molecule has 184 valence electrons. The molecule has 0 saturated carbocycles. The fraction of sp³-hybridized carbons (Fsp3) is 0. The van der Waals surface area contributed by atoms with E-state index >= 15 is 0 Å². The molecule has 0 aromatic heterocycles. The van der Waals surface area contributed by atoms with Gasteiger partial charge in [-0.1, -0.05) is 140 Å². The average Bonchev–Trinajstić information content (AvgIpc) is 3.35. The molecule has 1 aliphatic rings. The highest BCUT2D eigenvalue weighted by molar-refractivity contribution is 6.28. The van der Waals surface area contributed by atoms with Crippen LogP contribution in [0.25, 0.3) is 87.6 Å². The molecule has 9 rings (SSSR count). The highest BCUT2D eigenvalue weighted by Gasteiger charge is 2.30. The van der Waals surface area contributed by atoms with Gasteiger partial charge >= 0.3 is 0 Å². The van der Waals surface area contributed by atoms with Gasteiger partial charge in [-0.25, -0.2) is 0 Å². The first-order valence-electron chi connectivity index (χ1n) is 14.0.